The van der Waals surface area contributed by atoms with Gasteiger partial charge in [0.25, 0.3) is 0 Å². The smallest absolute Gasteiger partial charge is 0.126 e. The highest BCUT2D eigenvalue weighted by Gasteiger charge is 2.11. The van der Waals surface area contributed by atoms with E-state index >= 15 is 0 Å². The van der Waals surface area contributed by atoms with E-state index in [0.29, 0.717) is 0 Å². The number of nitrogens with one attached hydrogen (secondary N) is 1. The normalized spacial score (nSPS) is 10.9. The first-order valence-corrected chi connectivity index (χ1v) is 5.45. The number of furan rings is 1. The Morgan fingerprint density at radius 1 is 1.50 bits per heavy atom. The van der Waals surface area contributed by atoms with Crippen molar-refractivity contribution in [2.45, 2.75) is 19.9 Å². The Bertz CT molecular complexity index is 446. The number of nitrogens with zero attached hydrogens (tertiary/aromatic N) is 3. The summed E-state index contributed by atoms with van der Waals surface area (Å²) in [6, 6.07) is 1.95. The zero-order valence-corrected chi connectivity index (χ0v) is 9.60. The van der Waals surface area contributed by atoms with Crippen molar-refractivity contribution in [1.29, 1.82) is 0 Å². The highest BCUT2D eigenvalue weighted by molar-refractivity contribution is 5.60. The first-order chi connectivity index (χ1) is 7.83. The topological polar surface area (TPSA) is 55.9 Å². The Morgan fingerprint density at radius 3 is 3.06 bits per heavy atom. The minimum atomic E-state index is 0.737. The summed E-state index contributed by atoms with van der Waals surface area (Å²) in [7, 11) is 1.87. The van der Waals surface area contributed by atoms with Gasteiger partial charge < -0.3 is 9.73 Å². The molecule has 0 saturated carbocycles. The molecule has 0 atom stereocenters. The van der Waals surface area contributed by atoms with Crippen LogP contribution in [0.1, 0.15) is 19.1 Å². The summed E-state index contributed by atoms with van der Waals surface area (Å²) in [4.78, 5) is 0. The molecule has 0 aromatic carbocycles. The monoisotopic (exact) mass is 220 g/mol. The van der Waals surface area contributed by atoms with E-state index in [9.17, 15) is 0 Å². The van der Waals surface area contributed by atoms with E-state index < -0.39 is 0 Å². The van der Waals surface area contributed by atoms with Crippen LogP contribution >= 0.6 is 0 Å². The van der Waals surface area contributed by atoms with Crippen LogP contribution in [0.25, 0.3) is 11.3 Å². The maximum atomic E-state index is 5.46. The van der Waals surface area contributed by atoms with Crippen molar-refractivity contribution in [1.82, 2.24) is 20.3 Å². The summed E-state index contributed by atoms with van der Waals surface area (Å²) in [5.41, 5.74) is 2.03. The zero-order chi connectivity index (χ0) is 11.4. The van der Waals surface area contributed by atoms with Crippen molar-refractivity contribution in [3.05, 3.63) is 24.3 Å². The lowest BCUT2D eigenvalue weighted by Gasteiger charge is -2.03. The summed E-state index contributed by atoms with van der Waals surface area (Å²) < 4.78 is 7.20. The van der Waals surface area contributed by atoms with Crippen LogP contribution in [0.3, 0.4) is 0 Å². The molecule has 0 aliphatic heterocycles. The SMILES string of the molecule is CCCNCc1occc1-c1cnnn1C. The fourth-order valence-corrected chi connectivity index (χ4v) is 1.62. The standard InChI is InChI=1S/C11H16N4O/c1-3-5-12-8-11-9(4-6-16-11)10-7-13-14-15(10)2/h4,6-7,12H,3,5,8H2,1-2H3. The molecule has 0 bridgehead atoms. The zero-order valence-electron chi connectivity index (χ0n) is 9.60. The van der Waals surface area contributed by atoms with Crippen molar-refractivity contribution >= 4 is 0 Å². The second-order valence-corrected chi connectivity index (χ2v) is 3.68. The molecule has 2 heterocycles. The molecule has 2 rings (SSSR count). The predicted molar refractivity (Wildman–Crippen MR) is 60.7 cm³/mol. The number of hydrogen-bond donors (Lipinski definition) is 1. The van der Waals surface area contributed by atoms with Crippen molar-refractivity contribution in [2.75, 3.05) is 6.54 Å². The Kier molecular flexibility index (Phi) is 3.36. The first-order valence-electron chi connectivity index (χ1n) is 5.45. The van der Waals surface area contributed by atoms with Crippen molar-refractivity contribution in [3.8, 4) is 11.3 Å². The van der Waals surface area contributed by atoms with Crippen molar-refractivity contribution in [3.63, 3.8) is 0 Å². The molecule has 5 nitrogen and oxygen atoms in total. The van der Waals surface area contributed by atoms with Crippen LogP contribution in [0.5, 0.6) is 0 Å². The lowest BCUT2D eigenvalue weighted by atomic mass is 10.2. The van der Waals surface area contributed by atoms with Crippen LogP contribution in [0.15, 0.2) is 22.9 Å². The van der Waals surface area contributed by atoms with Gasteiger partial charge in [-0.25, -0.2) is 4.68 Å². The molecule has 2 aromatic heterocycles. The van der Waals surface area contributed by atoms with Crippen LogP contribution in [0, 0.1) is 0 Å². The summed E-state index contributed by atoms with van der Waals surface area (Å²) >= 11 is 0. The van der Waals surface area contributed by atoms with Crippen molar-refractivity contribution in [2.24, 2.45) is 7.05 Å². The third kappa shape index (κ3) is 2.14. The highest BCUT2D eigenvalue weighted by atomic mass is 16.3. The number of aryl methyl sites for hydroxylation is 1. The van der Waals surface area contributed by atoms with Gasteiger partial charge in [-0.2, -0.15) is 0 Å². The molecule has 0 radical (unpaired) electrons. The third-order valence-electron chi connectivity index (χ3n) is 2.45. The molecule has 0 aliphatic rings. The van der Waals surface area contributed by atoms with Gasteiger partial charge in [-0.15, -0.1) is 5.10 Å². The van der Waals surface area contributed by atoms with E-state index in [2.05, 4.69) is 22.6 Å². The lowest BCUT2D eigenvalue weighted by molar-refractivity contribution is 0.484. The quantitative estimate of drug-likeness (QED) is 0.777. The summed E-state index contributed by atoms with van der Waals surface area (Å²) in [6.07, 6.45) is 4.56. The van der Waals surface area contributed by atoms with Crippen LogP contribution in [-0.2, 0) is 13.6 Å². The van der Waals surface area contributed by atoms with Crippen LogP contribution < -0.4 is 5.32 Å². The van der Waals surface area contributed by atoms with E-state index in [1.165, 1.54) is 0 Å². The van der Waals surface area contributed by atoms with Gasteiger partial charge >= 0.3 is 0 Å². The Balaban J connectivity index is 2.16. The van der Waals surface area contributed by atoms with Crippen LogP contribution in [0.4, 0.5) is 0 Å². The molecule has 1 N–H and O–H groups in total. The van der Waals surface area contributed by atoms with Crippen LogP contribution in [-0.4, -0.2) is 21.5 Å². The lowest BCUT2D eigenvalue weighted by Crippen LogP contribution is -2.13. The molecule has 16 heavy (non-hydrogen) atoms. The Labute approximate surface area is 94.5 Å². The van der Waals surface area contributed by atoms with Gasteiger partial charge in [-0.05, 0) is 19.0 Å². The predicted octanol–water partition coefficient (Wildman–Crippen LogP) is 1.57. The second-order valence-electron chi connectivity index (χ2n) is 3.68. The van der Waals surface area contributed by atoms with Gasteiger partial charge in [0.1, 0.15) is 5.76 Å². The summed E-state index contributed by atoms with van der Waals surface area (Å²) in [6.45, 7) is 3.87. The Hall–Kier alpha value is -1.62. The number of aromatic nitrogens is 3. The van der Waals surface area contributed by atoms with Crippen molar-refractivity contribution < 1.29 is 4.42 Å². The van der Waals surface area contributed by atoms with E-state index in [0.717, 1.165) is 36.5 Å². The van der Waals surface area contributed by atoms with E-state index in [4.69, 9.17) is 4.42 Å². The molecule has 0 fully saturated rings. The summed E-state index contributed by atoms with van der Waals surface area (Å²) in [5.74, 6) is 0.929. The van der Waals surface area contributed by atoms with E-state index in [1.54, 1.807) is 17.1 Å². The second kappa shape index (κ2) is 4.94. The molecule has 0 unspecified atom stereocenters. The maximum Gasteiger partial charge on any atom is 0.126 e. The van der Waals surface area contributed by atoms with Gasteiger partial charge in [0.05, 0.1) is 24.7 Å². The average Bonchev–Trinajstić information content (AvgIpc) is 2.87. The van der Waals surface area contributed by atoms with Gasteiger partial charge in [0.15, 0.2) is 0 Å². The summed E-state index contributed by atoms with van der Waals surface area (Å²) in [5, 5.41) is 11.1. The minimum absolute atomic E-state index is 0.737. The molecule has 0 aliphatic carbocycles. The molecular weight excluding hydrogens is 204 g/mol. The van der Waals surface area contributed by atoms with Crippen LogP contribution in [0.2, 0.25) is 0 Å². The molecule has 0 saturated heterocycles. The molecule has 0 amide bonds. The fourth-order valence-electron chi connectivity index (χ4n) is 1.62. The molecule has 86 valence electrons. The average molecular weight is 220 g/mol. The van der Waals surface area contributed by atoms with E-state index in [-0.39, 0.29) is 0 Å². The fraction of sp³-hybridized carbons (Fsp3) is 0.455. The highest BCUT2D eigenvalue weighted by Crippen LogP contribution is 2.23. The largest absolute Gasteiger partial charge is 0.467 e. The molecule has 0 spiro atoms. The van der Waals surface area contributed by atoms with Gasteiger partial charge in [0, 0.05) is 12.6 Å². The minimum Gasteiger partial charge on any atom is -0.467 e. The molecular formula is C11H16N4O. The van der Waals surface area contributed by atoms with Gasteiger partial charge in [-0.3, -0.25) is 0 Å². The van der Waals surface area contributed by atoms with Gasteiger partial charge in [-0.1, -0.05) is 12.1 Å². The van der Waals surface area contributed by atoms with Gasteiger partial charge in [0.2, 0.25) is 0 Å². The van der Waals surface area contributed by atoms with E-state index in [1.807, 2.05) is 13.1 Å². The number of hydrogen-bond acceptors (Lipinski definition) is 4. The molecule has 2 aromatic rings. The first kappa shape index (κ1) is 10.9. The molecule has 5 heteroatoms. The Morgan fingerprint density at radius 2 is 2.38 bits per heavy atom. The maximum absolute atomic E-state index is 5.46. The number of rotatable bonds is 5. The third-order valence-corrected chi connectivity index (χ3v) is 2.45.